The smallest absolute Gasteiger partial charge is 0.254 e. The van der Waals surface area contributed by atoms with Gasteiger partial charge in [-0.2, -0.15) is 0 Å². The summed E-state index contributed by atoms with van der Waals surface area (Å²) < 4.78 is 31.8. The molecule has 0 saturated carbocycles. The van der Waals surface area contributed by atoms with Gasteiger partial charge in [-0.3, -0.25) is 4.79 Å². The third-order valence-electron chi connectivity index (χ3n) is 4.75. The lowest BCUT2D eigenvalue weighted by Crippen LogP contribution is -2.39. The molecule has 0 saturated heterocycles. The van der Waals surface area contributed by atoms with Crippen molar-refractivity contribution in [3.8, 4) is 0 Å². The van der Waals surface area contributed by atoms with Crippen molar-refractivity contribution in [1.82, 2.24) is 9.62 Å². The molecule has 0 bridgehead atoms. The summed E-state index contributed by atoms with van der Waals surface area (Å²) in [5.74, 6) is -0.0602. The highest BCUT2D eigenvalue weighted by Gasteiger charge is 2.31. The van der Waals surface area contributed by atoms with Crippen LogP contribution in [0.5, 0.6) is 0 Å². The second kappa shape index (κ2) is 8.52. The fourth-order valence-electron chi connectivity index (χ4n) is 3.38. The Kier molecular flexibility index (Phi) is 6.31. The second-order valence-electron chi connectivity index (χ2n) is 6.39. The number of amides is 1. The number of sulfonamides is 1. The number of carbonyl (C=O) groups is 1. The third kappa shape index (κ3) is 4.24. The molecule has 0 fully saturated rings. The zero-order valence-corrected chi connectivity index (χ0v) is 17.1. The lowest BCUT2D eigenvalue weighted by Gasteiger charge is -2.35. The van der Waals surface area contributed by atoms with E-state index in [1.165, 1.54) is 29.7 Å². The first-order chi connectivity index (χ1) is 13.0. The Balaban J connectivity index is 1.76. The van der Waals surface area contributed by atoms with Crippen molar-refractivity contribution >= 4 is 27.3 Å². The first kappa shape index (κ1) is 20.0. The number of hydrogen-bond acceptors (Lipinski definition) is 5. The molecular weight excluding hydrogens is 384 g/mol. The van der Waals surface area contributed by atoms with Crippen LogP contribution in [0.1, 0.15) is 40.2 Å². The predicted octanol–water partition coefficient (Wildman–Crippen LogP) is 2.82. The Morgan fingerprint density at radius 2 is 2.04 bits per heavy atom. The van der Waals surface area contributed by atoms with Crippen molar-refractivity contribution in [2.24, 2.45) is 0 Å². The van der Waals surface area contributed by atoms with Crippen LogP contribution in [0, 0.1) is 0 Å². The summed E-state index contributed by atoms with van der Waals surface area (Å²) in [5.41, 5.74) is 1.74. The minimum absolute atomic E-state index is 0.0602. The lowest BCUT2D eigenvalue weighted by molar-refractivity contribution is 0.0657. The molecular formula is C19H24N2O4S2. The molecule has 0 radical (unpaired) electrons. The fourth-order valence-corrected chi connectivity index (χ4v) is 5.32. The molecule has 1 N–H and O–H groups in total. The largest absolute Gasteiger partial charge is 0.383 e. The molecule has 1 aliphatic rings. The highest BCUT2D eigenvalue weighted by Crippen LogP contribution is 2.36. The first-order valence-electron chi connectivity index (χ1n) is 8.94. The lowest BCUT2D eigenvalue weighted by atomic mass is 9.97. The number of carbonyl (C=O) groups excluding carboxylic acids is 1. The van der Waals surface area contributed by atoms with Crippen LogP contribution >= 0.6 is 11.3 Å². The van der Waals surface area contributed by atoms with Crippen LogP contribution in [0.25, 0.3) is 0 Å². The van der Waals surface area contributed by atoms with Crippen LogP contribution in [-0.4, -0.2) is 46.0 Å². The summed E-state index contributed by atoms with van der Waals surface area (Å²) in [7, 11) is -2.09. The molecule has 0 aliphatic carbocycles. The van der Waals surface area contributed by atoms with Gasteiger partial charge in [-0.05, 0) is 54.1 Å². The molecule has 1 aliphatic heterocycles. The van der Waals surface area contributed by atoms with Crippen molar-refractivity contribution in [2.75, 3.05) is 26.8 Å². The molecule has 2 heterocycles. The average Bonchev–Trinajstić information content (AvgIpc) is 3.15. The van der Waals surface area contributed by atoms with Crippen molar-refractivity contribution in [1.29, 1.82) is 0 Å². The minimum atomic E-state index is -3.60. The SMILES string of the molecule is CC[C@H]1c2ccsc2CCN1C(=O)c1ccc(S(=O)(=O)NCCOC)cc1. The Labute approximate surface area is 164 Å². The second-order valence-corrected chi connectivity index (χ2v) is 9.15. The number of ether oxygens (including phenoxy) is 1. The van der Waals surface area contributed by atoms with Crippen molar-refractivity contribution < 1.29 is 17.9 Å². The van der Waals surface area contributed by atoms with Gasteiger partial charge in [-0.15, -0.1) is 11.3 Å². The standard InChI is InChI=1S/C19H24N2O4S2/c1-3-17-16-9-13-26-18(16)8-11-21(17)19(22)14-4-6-15(7-5-14)27(23,24)20-10-12-25-2/h4-7,9,13,17,20H,3,8,10-12H2,1-2H3/t17-/m0/s1. The maximum atomic E-state index is 13.0. The van der Waals surface area contributed by atoms with Crippen molar-refractivity contribution in [2.45, 2.75) is 30.7 Å². The van der Waals surface area contributed by atoms with Gasteiger partial charge in [0.05, 0.1) is 17.5 Å². The maximum absolute atomic E-state index is 13.0. The topological polar surface area (TPSA) is 75.7 Å². The van der Waals surface area contributed by atoms with Crippen LogP contribution in [0.15, 0.2) is 40.6 Å². The van der Waals surface area contributed by atoms with Gasteiger partial charge < -0.3 is 9.64 Å². The highest BCUT2D eigenvalue weighted by atomic mass is 32.2. The van der Waals surface area contributed by atoms with E-state index in [2.05, 4.69) is 23.1 Å². The van der Waals surface area contributed by atoms with E-state index in [4.69, 9.17) is 4.74 Å². The quantitative estimate of drug-likeness (QED) is 0.715. The van der Waals surface area contributed by atoms with E-state index in [1.807, 2.05) is 4.90 Å². The van der Waals surface area contributed by atoms with Gasteiger partial charge in [0.25, 0.3) is 5.91 Å². The number of fused-ring (bicyclic) bond motifs is 1. The Morgan fingerprint density at radius 1 is 1.30 bits per heavy atom. The number of rotatable bonds is 7. The monoisotopic (exact) mass is 408 g/mol. The Morgan fingerprint density at radius 3 is 2.70 bits per heavy atom. The van der Waals surface area contributed by atoms with E-state index >= 15 is 0 Å². The molecule has 27 heavy (non-hydrogen) atoms. The minimum Gasteiger partial charge on any atom is -0.383 e. The average molecular weight is 409 g/mol. The number of nitrogens with one attached hydrogen (secondary N) is 1. The van der Waals surface area contributed by atoms with Crippen LogP contribution in [0.3, 0.4) is 0 Å². The summed E-state index contributed by atoms with van der Waals surface area (Å²) in [6.07, 6.45) is 1.72. The van der Waals surface area contributed by atoms with Crippen LogP contribution in [0.2, 0.25) is 0 Å². The normalized spacial score (nSPS) is 17.0. The number of methoxy groups -OCH3 is 1. The Bertz CT molecular complexity index is 891. The van der Waals surface area contributed by atoms with E-state index in [9.17, 15) is 13.2 Å². The number of hydrogen-bond donors (Lipinski definition) is 1. The van der Waals surface area contributed by atoms with Gasteiger partial charge in [0.1, 0.15) is 0 Å². The molecule has 1 amide bonds. The molecule has 0 spiro atoms. The van der Waals surface area contributed by atoms with Crippen molar-refractivity contribution in [3.63, 3.8) is 0 Å². The molecule has 1 atom stereocenters. The number of benzene rings is 1. The van der Waals surface area contributed by atoms with E-state index in [0.29, 0.717) is 18.7 Å². The molecule has 6 nitrogen and oxygen atoms in total. The third-order valence-corrected chi connectivity index (χ3v) is 7.23. The van der Waals surface area contributed by atoms with Gasteiger partial charge in [0.2, 0.25) is 10.0 Å². The molecule has 1 aromatic heterocycles. The zero-order chi connectivity index (χ0) is 19.4. The van der Waals surface area contributed by atoms with Gasteiger partial charge >= 0.3 is 0 Å². The zero-order valence-electron chi connectivity index (χ0n) is 15.5. The summed E-state index contributed by atoms with van der Waals surface area (Å²) in [6.45, 7) is 3.27. The first-order valence-corrected chi connectivity index (χ1v) is 11.3. The van der Waals surface area contributed by atoms with Gasteiger partial charge in [0, 0.05) is 30.6 Å². The van der Waals surface area contributed by atoms with Crippen LogP contribution < -0.4 is 4.72 Å². The van der Waals surface area contributed by atoms with Crippen LogP contribution in [0.4, 0.5) is 0 Å². The molecule has 146 valence electrons. The van der Waals surface area contributed by atoms with Crippen LogP contribution in [-0.2, 0) is 21.2 Å². The summed E-state index contributed by atoms with van der Waals surface area (Å²) in [6, 6.07) is 8.31. The van der Waals surface area contributed by atoms with E-state index < -0.39 is 10.0 Å². The van der Waals surface area contributed by atoms with Gasteiger partial charge in [0.15, 0.2) is 0 Å². The summed E-state index contributed by atoms with van der Waals surface area (Å²) >= 11 is 1.75. The van der Waals surface area contributed by atoms with E-state index in [-0.39, 0.29) is 23.4 Å². The maximum Gasteiger partial charge on any atom is 0.254 e. The number of thiophene rings is 1. The predicted molar refractivity (Wildman–Crippen MR) is 106 cm³/mol. The summed E-state index contributed by atoms with van der Waals surface area (Å²) in [4.78, 5) is 16.4. The Hall–Kier alpha value is -1.74. The van der Waals surface area contributed by atoms with Gasteiger partial charge in [-0.25, -0.2) is 13.1 Å². The fraction of sp³-hybridized carbons (Fsp3) is 0.421. The molecule has 8 heteroatoms. The van der Waals surface area contributed by atoms with E-state index in [0.717, 1.165) is 12.8 Å². The highest BCUT2D eigenvalue weighted by molar-refractivity contribution is 7.89. The molecule has 2 aromatic rings. The number of nitrogens with zero attached hydrogens (tertiary/aromatic N) is 1. The van der Waals surface area contributed by atoms with Crippen molar-refractivity contribution in [3.05, 3.63) is 51.7 Å². The van der Waals surface area contributed by atoms with E-state index in [1.54, 1.807) is 23.5 Å². The molecule has 1 aromatic carbocycles. The molecule has 3 rings (SSSR count). The molecule has 0 unspecified atom stereocenters. The summed E-state index contributed by atoms with van der Waals surface area (Å²) in [5, 5.41) is 2.08. The van der Waals surface area contributed by atoms with Gasteiger partial charge in [-0.1, -0.05) is 6.92 Å².